The molecule has 2 nitrogen and oxygen atoms in total. The van der Waals surface area contributed by atoms with Gasteiger partial charge in [-0.25, -0.2) is 0 Å². The number of para-hydroxylation sites is 3. The molecule has 1 heterocycles. The van der Waals surface area contributed by atoms with Gasteiger partial charge in [0.05, 0.1) is 22.1 Å². The molecule has 63 heavy (non-hydrogen) atoms. The summed E-state index contributed by atoms with van der Waals surface area (Å²) >= 11 is 0. The van der Waals surface area contributed by atoms with Crippen molar-refractivity contribution in [2.24, 2.45) is 5.92 Å². The summed E-state index contributed by atoms with van der Waals surface area (Å²) in [5, 5.41) is 2.49. The lowest BCUT2D eigenvalue weighted by Crippen LogP contribution is -2.35. The predicted molar refractivity (Wildman–Crippen MR) is 262 cm³/mol. The van der Waals surface area contributed by atoms with Gasteiger partial charge in [-0.3, -0.25) is 0 Å². The van der Waals surface area contributed by atoms with Gasteiger partial charge >= 0.3 is 0 Å². The van der Waals surface area contributed by atoms with E-state index in [4.69, 9.17) is 0 Å². The van der Waals surface area contributed by atoms with Gasteiger partial charge in [0.15, 0.2) is 0 Å². The van der Waals surface area contributed by atoms with Crippen LogP contribution in [-0.4, -0.2) is 4.57 Å². The molecule has 9 aromatic carbocycles. The van der Waals surface area contributed by atoms with Gasteiger partial charge in [-0.1, -0.05) is 194 Å². The first-order valence-corrected chi connectivity index (χ1v) is 22.1. The van der Waals surface area contributed by atoms with Crippen LogP contribution in [0.15, 0.2) is 248 Å². The summed E-state index contributed by atoms with van der Waals surface area (Å²) in [4.78, 5) is 2.59. The van der Waals surface area contributed by atoms with Crippen molar-refractivity contribution in [1.29, 1.82) is 0 Å². The Labute approximate surface area is 368 Å². The third-order valence-electron chi connectivity index (χ3n) is 14.1. The Bertz CT molecular complexity index is 3420. The van der Waals surface area contributed by atoms with E-state index < -0.39 is 0 Å². The number of hydrogen-bond donors (Lipinski definition) is 0. The summed E-state index contributed by atoms with van der Waals surface area (Å²) in [6.07, 6.45) is 7.25. The molecular weight excluding hydrogens is 761 g/mol. The van der Waals surface area contributed by atoms with E-state index in [1.807, 2.05) is 0 Å². The molecule has 0 N–H and O–H groups in total. The zero-order valence-corrected chi connectivity index (χ0v) is 34.6. The topological polar surface area (TPSA) is 8.17 Å². The van der Waals surface area contributed by atoms with E-state index in [9.17, 15) is 0 Å². The molecule has 3 aliphatic carbocycles. The largest absolute Gasteiger partial charge is 0.313 e. The highest BCUT2D eigenvalue weighted by atomic mass is 15.2. The van der Waals surface area contributed by atoms with E-state index in [1.165, 1.54) is 83.1 Å². The number of allylic oxidation sites excluding steroid dienone is 4. The van der Waals surface area contributed by atoms with Crippen molar-refractivity contribution in [1.82, 2.24) is 4.57 Å². The summed E-state index contributed by atoms with van der Waals surface area (Å²) in [7, 11) is 0. The van der Waals surface area contributed by atoms with Crippen LogP contribution in [0.2, 0.25) is 0 Å². The van der Waals surface area contributed by atoms with Crippen LogP contribution in [0.5, 0.6) is 0 Å². The maximum Gasteiger partial charge on any atom is 0.0547 e. The molecule has 3 aliphatic rings. The van der Waals surface area contributed by atoms with E-state index in [0.717, 1.165) is 17.1 Å². The minimum atomic E-state index is -0.336. The zero-order chi connectivity index (χ0) is 41.5. The fourth-order valence-electron chi connectivity index (χ4n) is 11.7. The van der Waals surface area contributed by atoms with Crippen LogP contribution in [0.25, 0.3) is 60.9 Å². The molecule has 0 saturated carbocycles. The second-order valence-corrected chi connectivity index (χ2v) is 17.1. The molecule has 2 heteroatoms. The Morgan fingerprint density at radius 2 is 1.00 bits per heavy atom. The monoisotopic (exact) mass is 802 g/mol. The Morgan fingerprint density at radius 1 is 0.429 bits per heavy atom. The Kier molecular flexibility index (Phi) is 7.98. The zero-order valence-electron chi connectivity index (χ0n) is 34.6. The van der Waals surface area contributed by atoms with Gasteiger partial charge in [0, 0.05) is 45.2 Å². The summed E-state index contributed by atoms with van der Waals surface area (Å²) < 4.78 is 2.42. The van der Waals surface area contributed by atoms with Gasteiger partial charge < -0.3 is 9.47 Å². The highest BCUT2D eigenvalue weighted by Crippen LogP contribution is 2.67. The summed E-state index contributed by atoms with van der Waals surface area (Å²) in [6, 6.07) is 83.1. The number of aromatic nitrogens is 1. The van der Waals surface area contributed by atoms with E-state index in [2.05, 4.69) is 252 Å². The number of benzene rings is 9. The quantitative estimate of drug-likeness (QED) is 0.163. The predicted octanol–water partition coefficient (Wildman–Crippen LogP) is 15.4. The number of hydrogen-bond acceptors (Lipinski definition) is 1. The Morgan fingerprint density at radius 3 is 1.76 bits per heavy atom. The van der Waals surface area contributed by atoms with Crippen molar-refractivity contribution in [2.75, 3.05) is 4.90 Å². The van der Waals surface area contributed by atoms with Gasteiger partial charge in [0.25, 0.3) is 0 Å². The molecule has 0 amide bonds. The first-order valence-electron chi connectivity index (χ1n) is 22.1. The van der Waals surface area contributed by atoms with Crippen LogP contribution in [0, 0.1) is 5.92 Å². The molecule has 296 valence electrons. The minimum absolute atomic E-state index is 0.0723. The normalized spacial score (nSPS) is 16.4. The molecule has 1 spiro atoms. The van der Waals surface area contributed by atoms with Crippen molar-refractivity contribution in [3.8, 4) is 39.1 Å². The summed E-state index contributed by atoms with van der Waals surface area (Å²) in [5.41, 5.74) is 19.9. The second kappa shape index (κ2) is 14.1. The van der Waals surface area contributed by atoms with Gasteiger partial charge in [-0.05, 0) is 98.6 Å². The van der Waals surface area contributed by atoms with Gasteiger partial charge in [0.1, 0.15) is 0 Å². The number of fused-ring (bicyclic) bond motifs is 13. The maximum absolute atomic E-state index is 2.59. The molecule has 0 saturated heterocycles. The fraction of sp³-hybridized carbons (Fsp3) is 0.0492. The highest BCUT2D eigenvalue weighted by molar-refractivity contribution is 6.16. The van der Waals surface area contributed by atoms with Gasteiger partial charge in [0.2, 0.25) is 0 Å². The highest BCUT2D eigenvalue weighted by Gasteiger charge is 2.58. The minimum Gasteiger partial charge on any atom is -0.313 e. The van der Waals surface area contributed by atoms with Crippen LogP contribution < -0.4 is 4.90 Å². The third-order valence-corrected chi connectivity index (χ3v) is 14.1. The Balaban J connectivity index is 1.06. The van der Waals surface area contributed by atoms with Crippen molar-refractivity contribution in [2.45, 2.75) is 11.3 Å². The SMILES string of the molecule is C1=CC2C(C(N(c3ccc(-c4ccccc4)cc3)c3ccccc3-c3cccc4c3c3ccccc3n4-c3ccccc3)=C1)c1ccccc1C21c2ccccc2-c2ccccc21. The van der Waals surface area contributed by atoms with Crippen LogP contribution in [0.4, 0.5) is 11.4 Å². The molecule has 0 aliphatic heterocycles. The third kappa shape index (κ3) is 5.13. The molecule has 0 fully saturated rings. The van der Waals surface area contributed by atoms with Crippen LogP contribution >= 0.6 is 0 Å². The first kappa shape index (κ1) is 35.8. The van der Waals surface area contributed by atoms with Crippen molar-refractivity contribution >= 4 is 33.2 Å². The summed E-state index contributed by atoms with van der Waals surface area (Å²) in [5.74, 6) is 0.216. The molecule has 1 aromatic heterocycles. The molecule has 0 bridgehead atoms. The van der Waals surface area contributed by atoms with Gasteiger partial charge in [-0.15, -0.1) is 0 Å². The molecule has 2 unspecified atom stereocenters. The van der Waals surface area contributed by atoms with Crippen LogP contribution in [0.3, 0.4) is 0 Å². The molecular formula is C61H42N2. The first-order chi connectivity index (χ1) is 31.3. The lowest BCUT2D eigenvalue weighted by molar-refractivity contribution is 0.451. The average molecular weight is 803 g/mol. The van der Waals surface area contributed by atoms with Gasteiger partial charge in [-0.2, -0.15) is 0 Å². The summed E-state index contributed by atoms with van der Waals surface area (Å²) in [6.45, 7) is 0. The molecule has 10 aromatic rings. The average Bonchev–Trinajstić information content (AvgIpc) is 3.97. The number of anilines is 2. The molecule has 2 atom stereocenters. The van der Waals surface area contributed by atoms with Crippen molar-refractivity contribution in [3.05, 3.63) is 271 Å². The lowest BCUT2D eigenvalue weighted by Gasteiger charge is -2.40. The standard InChI is InChI=1S/C61H42N2/c1-3-19-41(20-4-1)42-37-39-44(40-38-42)63(55-33-15-10-25-47(55)48-28-17-35-57-59(48)50-27-11-16-34-56(50)62(57)43-21-5-2-6-22-43)58-36-18-32-54-60(58)49-26-9-14-31-53(49)61(54)51-29-12-7-23-45(51)46-24-8-13-30-52(46)61/h1-40,54,60H. The van der Waals surface area contributed by atoms with Crippen molar-refractivity contribution < 1.29 is 0 Å². The maximum atomic E-state index is 2.59. The number of rotatable bonds is 6. The van der Waals surface area contributed by atoms with E-state index in [0.29, 0.717) is 0 Å². The second-order valence-electron chi connectivity index (χ2n) is 17.1. The van der Waals surface area contributed by atoms with Crippen molar-refractivity contribution in [3.63, 3.8) is 0 Å². The lowest BCUT2D eigenvalue weighted by atomic mass is 9.65. The molecule has 13 rings (SSSR count). The Hall–Kier alpha value is -7.94. The number of nitrogens with zero attached hydrogens (tertiary/aromatic N) is 2. The van der Waals surface area contributed by atoms with E-state index in [1.54, 1.807) is 0 Å². The van der Waals surface area contributed by atoms with Crippen LogP contribution in [0.1, 0.15) is 28.2 Å². The molecule has 0 radical (unpaired) electrons. The fourth-order valence-corrected chi connectivity index (χ4v) is 11.7. The smallest absolute Gasteiger partial charge is 0.0547 e. The van der Waals surface area contributed by atoms with Crippen LogP contribution in [-0.2, 0) is 5.41 Å². The van der Waals surface area contributed by atoms with E-state index in [-0.39, 0.29) is 17.3 Å². The van der Waals surface area contributed by atoms with E-state index >= 15 is 0 Å².